The summed E-state index contributed by atoms with van der Waals surface area (Å²) >= 11 is 0. The van der Waals surface area contributed by atoms with Crippen molar-refractivity contribution in [1.29, 1.82) is 0 Å². The van der Waals surface area contributed by atoms with E-state index in [0.29, 0.717) is 37.0 Å². The minimum atomic E-state index is -1.08. The second-order valence-electron chi connectivity index (χ2n) is 6.58. The fraction of sp³-hybridized carbons (Fsp3) is 0.368. The molecule has 0 N–H and O–H groups in total. The molecular weight excluding hydrogens is 349 g/mol. The normalized spacial score (nSPS) is 25.0. The molecule has 4 rings (SSSR count). The first-order valence-electron chi connectivity index (χ1n) is 8.83. The van der Waals surface area contributed by atoms with Crippen LogP contribution in [0.3, 0.4) is 0 Å². The lowest BCUT2D eigenvalue weighted by atomic mass is 9.92. The highest BCUT2D eigenvalue weighted by Crippen LogP contribution is 2.26. The quantitative estimate of drug-likeness (QED) is 0.817. The Bertz CT molecular complexity index is 927. The number of allylic oxidation sites excluding steroid dienone is 3. The summed E-state index contributed by atoms with van der Waals surface area (Å²) < 4.78 is 21.6. The number of anilines is 1. The van der Waals surface area contributed by atoms with E-state index in [2.05, 4.69) is 15.0 Å². The number of ether oxygens (including phenoxy) is 1. The van der Waals surface area contributed by atoms with Crippen molar-refractivity contribution in [2.75, 3.05) is 24.6 Å². The van der Waals surface area contributed by atoms with Crippen molar-refractivity contribution in [3.05, 3.63) is 59.3 Å². The number of hydrogen-bond donors (Lipinski definition) is 0. The second kappa shape index (κ2) is 7.40. The van der Waals surface area contributed by atoms with Gasteiger partial charge < -0.3 is 9.64 Å². The van der Waals surface area contributed by atoms with E-state index in [9.17, 15) is 9.18 Å². The van der Waals surface area contributed by atoms with Gasteiger partial charge in [-0.3, -0.25) is 9.36 Å². The van der Waals surface area contributed by atoms with E-state index in [4.69, 9.17) is 4.74 Å². The van der Waals surface area contributed by atoms with Crippen molar-refractivity contribution >= 4 is 5.95 Å². The minimum absolute atomic E-state index is 0.180. The smallest absolute Gasteiger partial charge is 0.255 e. The molecule has 0 saturated carbocycles. The monoisotopic (exact) mass is 369 g/mol. The summed E-state index contributed by atoms with van der Waals surface area (Å²) in [6.45, 7) is 1.48. The number of hydrogen-bond acceptors (Lipinski definition) is 6. The Morgan fingerprint density at radius 2 is 2.11 bits per heavy atom. The first-order valence-corrected chi connectivity index (χ1v) is 8.83. The first-order chi connectivity index (χ1) is 13.1. The zero-order valence-corrected chi connectivity index (χ0v) is 14.9. The Kier molecular flexibility index (Phi) is 4.81. The summed E-state index contributed by atoms with van der Waals surface area (Å²) in [7, 11) is 1.68. The molecule has 140 valence electrons. The lowest BCUT2D eigenvalue weighted by Crippen LogP contribution is -2.49. The van der Waals surface area contributed by atoms with Gasteiger partial charge in [0.05, 0.1) is 24.1 Å². The van der Waals surface area contributed by atoms with Crippen LogP contribution in [0.25, 0.3) is 11.4 Å². The molecule has 7 nitrogen and oxygen atoms in total. The number of morpholine rings is 1. The van der Waals surface area contributed by atoms with Gasteiger partial charge in [-0.25, -0.2) is 19.3 Å². The molecule has 0 bridgehead atoms. The van der Waals surface area contributed by atoms with Crippen LogP contribution in [0.2, 0.25) is 0 Å². The largest absolute Gasteiger partial charge is 0.374 e. The fourth-order valence-corrected chi connectivity index (χ4v) is 3.40. The summed E-state index contributed by atoms with van der Waals surface area (Å²) in [5, 5.41) is 0. The predicted molar refractivity (Wildman–Crippen MR) is 99.1 cm³/mol. The van der Waals surface area contributed by atoms with Crippen molar-refractivity contribution in [1.82, 2.24) is 19.5 Å². The van der Waals surface area contributed by atoms with Crippen LogP contribution in [0.15, 0.2) is 53.8 Å². The van der Waals surface area contributed by atoms with Crippen molar-refractivity contribution < 1.29 is 9.13 Å². The van der Waals surface area contributed by atoms with E-state index < -0.39 is 6.17 Å². The third-order valence-electron chi connectivity index (χ3n) is 4.87. The first kappa shape index (κ1) is 17.5. The topological polar surface area (TPSA) is 73.1 Å². The Balaban J connectivity index is 1.64. The molecule has 0 amide bonds. The van der Waals surface area contributed by atoms with Crippen LogP contribution >= 0.6 is 0 Å². The van der Waals surface area contributed by atoms with Crippen LogP contribution in [0.4, 0.5) is 10.3 Å². The summed E-state index contributed by atoms with van der Waals surface area (Å²) in [6.07, 6.45) is 8.56. The van der Waals surface area contributed by atoms with Gasteiger partial charge in [-0.2, -0.15) is 0 Å². The van der Waals surface area contributed by atoms with Crippen molar-refractivity contribution in [2.24, 2.45) is 13.0 Å². The maximum atomic E-state index is 14.3. The number of halogens is 1. The highest BCUT2D eigenvalue weighted by Gasteiger charge is 2.33. The number of aromatic nitrogens is 4. The molecule has 0 spiro atoms. The molecule has 8 heteroatoms. The minimum Gasteiger partial charge on any atom is -0.374 e. The van der Waals surface area contributed by atoms with Gasteiger partial charge in [0.2, 0.25) is 5.95 Å². The Labute approximate surface area is 155 Å². The van der Waals surface area contributed by atoms with Crippen LogP contribution < -0.4 is 10.5 Å². The number of alkyl halides is 1. The molecule has 2 aliphatic rings. The van der Waals surface area contributed by atoms with Gasteiger partial charge in [-0.15, -0.1) is 0 Å². The van der Waals surface area contributed by atoms with Crippen LogP contribution in [-0.4, -0.2) is 51.5 Å². The highest BCUT2D eigenvalue weighted by atomic mass is 19.1. The number of nitrogens with zero attached hydrogens (tertiary/aromatic N) is 5. The zero-order chi connectivity index (χ0) is 18.8. The van der Waals surface area contributed by atoms with E-state index in [1.165, 1.54) is 23.0 Å². The molecule has 1 aliphatic heterocycles. The summed E-state index contributed by atoms with van der Waals surface area (Å²) in [5.74, 6) is 0.176. The van der Waals surface area contributed by atoms with E-state index in [1.807, 2.05) is 17.1 Å². The Morgan fingerprint density at radius 3 is 2.89 bits per heavy atom. The van der Waals surface area contributed by atoms with Crippen LogP contribution in [-0.2, 0) is 11.8 Å². The third-order valence-corrected chi connectivity index (χ3v) is 4.87. The standard InChI is InChI=1S/C19H20FN5O2/c1-24-18(26)10-16(15-6-7-21-12-22-15)23-19(24)25-8-9-27-17(11-25)13-4-2-3-5-14(13)20/h2-7,10,12-14,17H,8-9,11H2,1H3/t13?,14?,17-/m0/s1. The summed E-state index contributed by atoms with van der Waals surface area (Å²) in [5.41, 5.74) is 0.890. The zero-order valence-electron chi connectivity index (χ0n) is 14.9. The van der Waals surface area contributed by atoms with Crippen LogP contribution in [0.1, 0.15) is 0 Å². The summed E-state index contributed by atoms with van der Waals surface area (Å²) in [6, 6.07) is 3.16. The van der Waals surface area contributed by atoms with Gasteiger partial charge >= 0.3 is 0 Å². The molecule has 1 saturated heterocycles. The molecule has 27 heavy (non-hydrogen) atoms. The molecule has 1 fully saturated rings. The highest BCUT2D eigenvalue weighted by molar-refractivity contribution is 5.55. The Hall–Kier alpha value is -2.87. The molecule has 3 atom stereocenters. The van der Waals surface area contributed by atoms with Gasteiger partial charge in [0.25, 0.3) is 5.56 Å². The molecule has 2 aromatic rings. The molecule has 0 radical (unpaired) electrons. The molecule has 3 heterocycles. The molecule has 1 aliphatic carbocycles. The lowest BCUT2D eigenvalue weighted by Gasteiger charge is -2.38. The fourth-order valence-electron chi connectivity index (χ4n) is 3.40. The maximum absolute atomic E-state index is 14.3. The van der Waals surface area contributed by atoms with Gasteiger partial charge in [-0.1, -0.05) is 24.3 Å². The van der Waals surface area contributed by atoms with Crippen LogP contribution in [0, 0.1) is 5.92 Å². The van der Waals surface area contributed by atoms with Crippen molar-refractivity contribution in [3.63, 3.8) is 0 Å². The van der Waals surface area contributed by atoms with Crippen molar-refractivity contribution in [3.8, 4) is 11.4 Å². The van der Waals surface area contributed by atoms with E-state index in [0.717, 1.165) is 0 Å². The second-order valence-corrected chi connectivity index (χ2v) is 6.58. The molecule has 0 aromatic carbocycles. The summed E-state index contributed by atoms with van der Waals surface area (Å²) in [4.78, 5) is 27.1. The van der Waals surface area contributed by atoms with E-state index >= 15 is 0 Å². The predicted octanol–water partition coefficient (Wildman–Crippen LogP) is 1.52. The molecule has 2 aromatic heterocycles. The van der Waals surface area contributed by atoms with Crippen molar-refractivity contribution in [2.45, 2.75) is 12.3 Å². The van der Waals surface area contributed by atoms with Gasteiger partial charge in [-0.05, 0) is 6.07 Å². The molecule has 2 unspecified atom stereocenters. The number of rotatable bonds is 3. The average Bonchev–Trinajstić information content (AvgIpc) is 2.71. The van der Waals surface area contributed by atoms with E-state index in [-0.39, 0.29) is 17.6 Å². The lowest BCUT2D eigenvalue weighted by molar-refractivity contribution is -0.00175. The average molecular weight is 369 g/mol. The maximum Gasteiger partial charge on any atom is 0.255 e. The van der Waals surface area contributed by atoms with E-state index in [1.54, 1.807) is 25.4 Å². The van der Waals surface area contributed by atoms with Gasteiger partial charge in [0, 0.05) is 38.3 Å². The SMILES string of the molecule is Cn1c(N2CCO[C@H](C3C=CC=CC3F)C2)nc(-c2ccncn2)cc1=O. The van der Waals surface area contributed by atoms with Crippen LogP contribution in [0.5, 0.6) is 0 Å². The van der Waals surface area contributed by atoms with Gasteiger partial charge in [0.1, 0.15) is 12.5 Å². The molecular formula is C19H20FN5O2. The Morgan fingerprint density at radius 1 is 1.26 bits per heavy atom. The third kappa shape index (κ3) is 3.52. The van der Waals surface area contributed by atoms with Gasteiger partial charge in [0.15, 0.2) is 0 Å².